The quantitative estimate of drug-likeness (QED) is 0.907. The number of aromatic nitrogens is 2. The van der Waals surface area contributed by atoms with E-state index in [4.69, 9.17) is 5.73 Å². The molecule has 1 saturated heterocycles. The number of piperazine rings is 1. The molecule has 0 radical (unpaired) electrons. The van der Waals surface area contributed by atoms with Crippen LogP contribution in [-0.2, 0) is 0 Å². The fourth-order valence-electron chi connectivity index (χ4n) is 2.46. The Bertz CT molecular complexity index is 648. The van der Waals surface area contributed by atoms with E-state index in [0.29, 0.717) is 24.5 Å². The summed E-state index contributed by atoms with van der Waals surface area (Å²) in [5.74, 6) is 0.0155. The number of amides is 1. The number of nitrogens with zero attached hydrogens (tertiary/aromatic N) is 4. The zero-order valence-electron chi connectivity index (χ0n) is 11.8. The van der Waals surface area contributed by atoms with Gasteiger partial charge in [0.1, 0.15) is 5.69 Å². The number of thiazole rings is 1. The molecule has 2 N–H and O–H groups in total. The van der Waals surface area contributed by atoms with Crippen molar-refractivity contribution in [3.8, 4) is 0 Å². The Morgan fingerprint density at radius 1 is 1.33 bits per heavy atom. The van der Waals surface area contributed by atoms with Gasteiger partial charge in [-0.05, 0) is 13.0 Å². The second kappa shape index (κ2) is 5.69. The second-order valence-corrected chi connectivity index (χ2v) is 6.03. The van der Waals surface area contributed by atoms with Crippen LogP contribution in [0.4, 0.5) is 11.4 Å². The molecule has 21 heavy (non-hydrogen) atoms. The molecule has 1 aliphatic heterocycles. The lowest BCUT2D eigenvalue weighted by Crippen LogP contribution is -2.49. The first-order valence-electron chi connectivity index (χ1n) is 6.81. The summed E-state index contributed by atoms with van der Waals surface area (Å²) in [6, 6.07) is 1.91. The van der Waals surface area contributed by atoms with Crippen molar-refractivity contribution in [2.45, 2.75) is 6.92 Å². The maximum absolute atomic E-state index is 12.3. The number of anilines is 2. The van der Waals surface area contributed by atoms with E-state index in [2.05, 4.69) is 14.9 Å². The summed E-state index contributed by atoms with van der Waals surface area (Å²) < 4.78 is 0. The molecule has 0 unspecified atom stereocenters. The third-order valence-electron chi connectivity index (χ3n) is 3.57. The van der Waals surface area contributed by atoms with Gasteiger partial charge in [-0.15, -0.1) is 11.3 Å². The zero-order chi connectivity index (χ0) is 14.8. The number of pyridine rings is 1. The summed E-state index contributed by atoms with van der Waals surface area (Å²) in [7, 11) is 0. The van der Waals surface area contributed by atoms with Crippen LogP contribution in [0.25, 0.3) is 0 Å². The van der Waals surface area contributed by atoms with Crippen molar-refractivity contribution in [1.29, 1.82) is 0 Å². The van der Waals surface area contributed by atoms with Gasteiger partial charge < -0.3 is 15.5 Å². The van der Waals surface area contributed by atoms with Gasteiger partial charge in [-0.25, -0.2) is 4.98 Å². The van der Waals surface area contributed by atoms with Gasteiger partial charge in [0.15, 0.2) is 0 Å². The monoisotopic (exact) mass is 303 g/mol. The van der Waals surface area contributed by atoms with E-state index in [9.17, 15) is 4.79 Å². The average molecular weight is 303 g/mol. The van der Waals surface area contributed by atoms with Crippen LogP contribution in [0.5, 0.6) is 0 Å². The highest BCUT2D eigenvalue weighted by Crippen LogP contribution is 2.23. The van der Waals surface area contributed by atoms with E-state index >= 15 is 0 Å². The first kappa shape index (κ1) is 13.8. The number of aryl methyl sites for hydroxylation is 1. The summed E-state index contributed by atoms with van der Waals surface area (Å²) in [4.78, 5) is 24.6. The first-order valence-corrected chi connectivity index (χ1v) is 7.69. The Morgan fingerprint density at radius 2 is 2.10 bits per heavy atom. The zero-order valence-corrected chi connectivity index (χ0v) is 12.6. The second-order valence-electron chi connectivity index (χ2n) is 4.97. The number of nitrogen functional groups attached to an aromatic ring is 1. The van der Waals surface area contributed by atoms with Gasteiger partial charge in [0.2, 0.25) is 0 Å². The molecule has 1 amide bonds. The molecule has 0 saturated carbocycles. The summed E-state index contributed by atoms with van der Waals surface area (Å²) in [5, 5.41) is 2.74. The Kier molecular flexibility index (Phi) is 3.74. The molecule has 2 aromatic rings. The first-order chi connectivity index (χ1) is 10.1. The van der Waals surface area contributed by atoms with Crippen LogP contribution in [0.1, 0.15) is 15.5 Å². The van der Waals surface area contributed by atoms with E-state index < -0.39 is 0 Å². The molecular weight excluding hydrogens is 286 g/mol. The smallest absolute Gasteiger partial charge is 0.273 e. The molecule has 0 aliphatic carbocycles. The highest BCUT2D eigenvalue weighted by Gasteiger charge is 2.24. The van der Waals surface area contributed by atoms with Gasteiger partial charge >= 0.3 is 0 Å². The van der Waals surface area contributed by atoms with Crippen LogP contribution in [0.2, 0.25) is 0 Å². The summed E-state index contributed by atoms with van der Waals surface area (Å²) in [6.45, 7) is 4.80. The van der Waals surface area contributed by atoms with Crippen LogP contribution < -0.4 is 10.6 Å². The minimum Gasteiger partial charge on any atom is -0.396 e. The Balaban J connectivity index is 1.65. The average Bonchev–Trinajstić information content (AvgIpc) is 2.94. The number of hydrogen-bond acceptors (Lipinski definition) is 6. The molecule has 1 fully saturated rings. The number of carbonyl (C=O) groups excluding carboxylic acids is 1. The third kappa shape index (κ3) is 2.82. The van der Waals surface area contributed by atoms with Crippen molar-refractivity contribution in [1.82, 2.24) is 14.9 Å². The molecule has 0 spiro atoms. The molecule has 7 heteroatoms. The minimum atomic E-state index is 0.0155. The van der Waals surface area contributed by atoms with Crippen molar-refractivity contribution < 1.29 is 4.79 Å². The van der Waals surface area contributed by atoms with Crippen molar-refractivity contribution in [3.63, 3.8) is 0 Å². The van der Waals surface area contributed by atoms with E-state index in [1.54, 1.807) is 12.4 Å². The Morgan fingerprint density at radius 3 is 2.71 bits per heavy atom. The van der Waals surface area contributed by atoms with Crippen LogP contribution in [0.15, 0.2) is 23.8 Å². The highest BCUT2D eigenvalue weighted by atomic mass is 32.1. The van der Waals surface area contributed by atoms with Gasteiger partial charge in [0, 0.05) is 37.8 Å². The standard InChI is InChI=1S/C14H17N5OS/c1-10-17-12(9-21-10)14(20)19-6-4-18(5-7-19)13-2-3-16-8-11(13)15/h2-3,8-9H,4-7,15H2,1H3. The number of rotatable bonds is 2. The predicted molar refractivity (Wildman–Crippen MR) is 83.6 cm³/mol. The SMILES string of the molecule is Cc1nc(C(=O)N2CCN(c3ccncc3N)CC2)cs1. The van der Waals surface area contributed by atoms with Crippen LogP contribution >= 0.6 is 11.3 Å². The summed E-state index contributed by atoms with van der Waals surface area (Å²) in [5.41, 5.74) is 8.16. The number of carbonyl (C=O) groups is 1. The Labute approximate surface area is 127 Å². The van der Waals surface area contributed by atoms with Gasteiger partial charge in [-0.1, -0.05) is 0 Å². The van der Waals surface area contributed by atoms with E-state index in [1.165, 1.54) is 11.3 Å². The molecule has 110 valence electrons. The molecule has 6 nitrogen and oxygen atoms in total. The third-order valence-corrected chi connectivity index (χ3v) is 4.35. The fourth-order valence-corrected chi connectivity index (χ4v) is 3.05. The van der Waals surface area contributed by atoms with Crippen molar-refractivity contribution in [2.24, 2.45) is 0 Å². The van der Waals surface area contributed by atoms with Crippen LogP contribution in [0.3, 0.4) is 0 Å². The molecular formula is C14H17N5OS. The van der Waals surface area contributed by atoms with Crippen LogP contribution in [0, 0.1) is 6.92 Å². The largest absolute Gasteiger partial charge is 0.396 e. The van der Waals surface area contributed by atoms with Crippen molar-refractivity contribution in [3.05, 3.63) is 34.5 Å². The summed E-state index contributed by atoms with van der Waals surface area (Å²) in [6.07, 6.45) is 3.40. The lowest BCUT2D eigenvalue weighted by Gasteiger charge is -2.36. The number of hydrogen-bond donors (Lipinski definition) is 1. The Hall–Kier alpha value is -2.15. The van der Waals surface area contributed by atoms with Gasteiger partial charge in [-0.3, -0.25) is 9.78 Å². The van der Waals surface area contributed by atoms with Crippen molar-refractivity contribution in [2.75, 3.05) is 36.8 Å². The molecule has 0 atom stereocenters. The molecule has 3 heterocycles. The lowest BCUT2D eigenvalue weighted by molar-refractivity contribution is 0.0741. The molecule has 0 bridgehead atoms. The fraction of sp³-hybridized carbons (Fsp3) is 0.357. The number of nitrogens with two attached hydrogens (primary N) is 1. The maximum Gasteiger partial charge on any atom is 0.273 e. The predicted octanol–water partition coefficient (Wildman–Crippen LogP) is 1.39. The van der Waals surface area contributed by atoms with E-state index in [0.717, 1.165) is 23.8 Å². The molecule has 0 aromatic carbocycles. The maximum atomic E-state index is 12.3. The van der Waals surface area contributed by atoms with E-state index in [-0.39, 0.29) is 5.91 Å². The van der Waals surface area contributed by atoms with Gasteiger partial charge in [0.05, 0.1) is 22.6 Å². The molecule has 2 aromatic heterocycles. The van der Waals surface area contributed by atoms with Crippen molar-refractivity contribution >= 4 is 28.6 Å². The summed E-state index contributed by atoms with van der Waals surface area (Å²) >= 11 is 1.50. The molecule has 1 aliphatic rings. The topological polar surface area (TPSA) is 75.4 Å². The van der Waals surface area contributed by atoms with Gasteiger partial charge in [0.25, 0.3) is 5.91 Å². The molecule has 3 rings (SSSR count). The lowest BCUT2D eigenvalue weighted by atomic mass is 10.2. The minimum absolute atomic E-state index is 0.0155. The van der Waals surface area contributed by atoms with Gasteiger partial charge in [-0.2, -0.15) is 0 Å². The van der Waals surface area contributed by atoms with E-state index in [1.807, 2.05) is 23.3 Å². The van der Waals surface area contributed by atoms with Crippen LogP contribution in [-0.4, -0.2) is 47.0 Å². The highest BCUT2D eigenvalue weighted by molar-refractivity contribution is 7.09. The normalized spacial score (nSPS) is 15.3.